The molecule has 194 valence electrons. The van der Waals surface area contributed by atoms with E-state index >= 15 is 0 Å². The Hall–Kier alpha value is -4.11. The fourth-order valence-corrected chi connectivity index (χ4v) is 5.05. The summed E-state index contributed by atoms with van der Waals surface area (Å²) in [6.45, 7) is -2.35. The number of piperidine rings is 1. The quantitative estimate of drug-likeness (QED) is 0.361. The molecule has 0 radical (unpaired) electrons. The van der Waals surface area contributed by atoms with E-state index in [-0.39, 0.29) is 29.2 Å². The van der Waals surface area contributed by atoms with Gasteiger partial charge in [0.15, 0.2) is 0 Å². The van der Waals surface area contributed by atoms with Crippen LogP contribution in [0.5, 0.6) is 5.75 Å². The third-order valence-electron chi connectivity index (χ3n) is 6.57. The van der Waals surface area contributed by atoms with Gasteiger partial charge in [-0.1, -0.05) is 54.1 Å². The lowest BCUT2D eigenvalue weighted by Crippen LogP contribution is -2.51. The maximum absolute atomic E-state index is 13.5. The summed E-state index contributed by atoms with van der Waals surface area (Å²) in [7, 11) is 0. The topological polar surface area (TPSA) is 84.4 Å². The zero-order valence-electron chi connectivity index (χ0n) is 20.1. The molecule has 1 fully saturated rings. The van der Waals surface area contributed by atoms with E-state index in [1.54, 1.807) is 23.1 Å². The Balaban J connectivity index is 1.39. The van der Waals surface area contributed by atoms with Crippen molar-refractivity contribution in [3.8, 4) is 5.75 Å². The number of aromatic nitrogens is 2. The molecule has 5 rings (SSSR count). The number of nitrogens with one attached hydrogen (secondary N) is 1. The van der Waals surface area contributed by atoms with Crippen LogP contribution in [0.4, 0.5) is 8.78 Å². The highest BCUT2D eigenvalue weighted by Gasteiger charge is 2.34. The van der Waals surface area contributed by atoms with E-state index in [0.717, 1.165) is 5.56 Å². The van der Waals surface area contributed by atoms with Gasteiger partial charge in [0.05, 0.1) is 16.1 Å². The Kier molecular flexibility index (Phi) is 7.46. The minimum absolute atomic E-state index is 0.0185. The normalized spacial score (nSPS) is 17.4. The third-order valence-corrected chi connectivity index (χ3v) is 6.85. The largest absolute Gasteiger partial charge is 0.434 e. The molecule has 2 heterocycles. The van der Waals surface area contributed by atoms with Gasteiger partial charge in [0, 0.05) is 43.0 Å². The number of benzene rings is 3. The first-order chi connectivity index (χ1) is 18.4. The van der Waals surface area contributed by atoms with Crippen molar-refractivity contribution in [2.45, 2.75) is 25.0 Å². The molecule has 0 aliphatic carbocycles. The molecule has 1 aliphatic heterocycles. The standard InChI is InChI=1S/C28H23ClF2N4O3/c29-21-14-18(15-23-25(21)33-12-11-32-23)27(37)35-13-10-22(20(16-35)17-6-2-1-3-7-17)34-26(36)19-8-4-5-9-24(19)38-28(30)31/h1-9,11-12,14-15,20,22,28H,10,13,16H2,(H,34,36)/t20-,22+/m0/s1. The van der Waals surface area contributed by atoms with E-state index in [9.17, 15) is 18.4 Å². The van der Waals surface area contributed by atoms with Gasteiger partial charge in [-0.05, 0) is 36.2 Å². The summed E-state index contributed by atoms with van der Waals surface area (Å²) < 4.78 is 30.3. The molecule has 2 amide bonds. The van der Waals surface area contributed by atoms with Gasteiger partial charge in [-0.15, -0.1) is 0 Å². The molecular weight excluding hydrogens is 514 g/mol. The molecule has 0 unspecified atom stereocenters. The monoisotopic (exact) mass is 536 g/mol. The number of amides is 2. The van der Waals surface area contributed by atoms with Crippen LogP contribution < -0.4 is 10.1 Å². The molecule has 10 heteroatoms. The van der Waals surface area contributed by atoms with Crippen molar-refractivity contribution in [1.82, 2.24) is 20.2 Å². The summed E-state index contributed by atoms with van der Waals surface area (Å²) in [4.78, 5) is 36.9. The van der Waals surface area contributed by atoms with Gasteiger partial charge < -0.3 is 15.0 Å². The summed E-state index contributed by atoms with van der Waals surface area (Å²) in [6.07, 6.45) is 3.53. The number of halogens is 3. The predicted molar refractivity (Wildman–Crippen MR) is 139 cm³/mol. The molecule has 7 nitrogen and oxygen atoms in total. The van der Waals surface area contributed by atoms with E-state index in [1.165, 1.54) is 30.6 Å². The summed E-state index contributed by atoms with van der Waals surface area (Å²) in [5, 5.41) is 3.33. The Morgan fingerprint density at radius 1 is 1.03 bits per heavy atom. The number of nitrogens with zero attached hydrogens (tertiary/aromatic N) is 3. The minimum atomic E-state index is -3.05. The molecule has 2 atom stereocenters. The number of rotatable bonds is 6. The number of fused-ring (bicyclic) bond motifs is 1. The highest BCUT2D eigenvalue weighted by Crippen LogP contribution is 2.31. The predicted octanol–water partition coefficient (Wildman–Crippen LogP) is 5.31. The number of hydrogen-bond donors (Lipinski definition) is 1. The summed E-state index contributed by atoms with van der Waals surface area (Å²) in [5.74, 6) is -1.16. The van der Waals surface area contributed by atoms with Crippen molar-refractivity contribution in [1.29, 1.82) is 0 Å². The molecule has 38 heavy (non-hydrogen) atoms. The van der Waals surface area contributed by atoms with Crippen molar-refractivity contribution in [3.05, 3.63) is 101 Å². The van der Waals surface area contributed by atoms with Crippen LogP contribution in [0.1, 0.15) is 38.6 Å². The SMILES string of the molecule is O=C(N[C@@H]1CCN(C(=O)c2cc(Cl)c3nccnc3c2)C[C@H]1c1ccccc1)c1ccccc1OC(F)F. The first-order valence-corrected chi connectivity index (χ1v) is 12.4. The lowest BCUT2D eigenvalue weighted by molar-refractivity contribution is -0.0501. The van der Waals surface area contributed by atoms with Gasteiger partial charge in [-0.2, -0.15) is 8.78 Å². The zero-order chi connectivity index (χ0) is 26.6. The average Bonchev–Trinajstić information content (AvgIpc) is 2.93. The summed E-state index contributed by atoms with van der Waals surface area (Å²) >= 11 is 6.37. The van der Waals surface area contributed by atoms with Gasteiger partial charge in [0.1, 0.15) is 11.3 Å². The van der Waals surface area contributed by atoms with Crippen molar-refractivity contribution in [2.24, 2.45) is 0 Å². The Labute approximate surface area is 222 Å². The lowest BCUT2D eigenvalue weighted by Gasteiger charge is -2.39. The lowest BCUT2D eigenvalue weighted by atomic mass is 9.85. The van der Waals surface area contributed by atoms with E-state index in [0.29, 0.717) is 41.1 Å². The van der Waals surface area contributed by atoms with Crippen LogP contribution in [0.25, 0.3) is 11.0 Å². The van der Waals surface area contributed by atoms with Gasteiger partial charge in [-0.25, -0.2) is 0 Å². The van der Waals surface area contributed by atoms with E-state index in [2.05, 4.69) is 20.0 Å². The van der Waals surface area contributed by atoms with Crippen molar-refractivity contribution >= 4 is 34.4 Å². The summed E-state index contributed by atoms with van der Waals surface area (Å²) in [6, 6.07) is 18.3. The number of carbonyl (C=O) groups is 2. The van der Waals surface area contributed by atoms with E-state index in [1.807, 2.05) is 30.3 Å². The van der Waals surface area contributed by atoms with Crippen molar-refractivity contribution in [3.63, 3.8) is 0 Å². The Morgan fingerprint density at radius 3 is 2.55 bits per heavy atom. The Bertz CT molecular complexity index is 1470. The minimum Gasteiger partial charge on any atom is -0.434 e. The van der Waals surface area contributed by atoms with Crippen LogP contribution in [0.2, 0.25) is 5.02 Å². The number of para-hydroxylation sites is 1. The highest BCUT2D eigenvalue weighted by molar-refractivity contribution is 6.35. The van der Waals surface area contributed by atoms with Crippen LogP contribution in [0.15, 0.2) is 79.1 Å². The van der Waals surface area contributed by atoms with E-state index < -0.39 is 12.5 Å². The smallest absolute Gasteiger partial charge is 0.387 e. The number of likely N-dealkylation sites (tertiary alicyclic amines) is 1. The molecule has 1 saturated heterocycles. The number of hydrogen-bond acceptors (Lipinski definition) is 5. The molecule has 4 aromatic rings. The summed E-state index contributed by atoms with van der Waals surface area (Å²) in [5.41, 5.74) is 2.40. The van der Waals surface area contributed by atoms with Gasteiger partial charge in [0.25, 0.3) is 11.8 Å². The van der Waals surface area contributed by atoms with Crippen molar-refractivity contribution < 1.29 is 23.1 Å². The van der Waals surface area contributed by atoms with Gasteiger partial charge in [-0.3, -0.25) is 19.6 Å². The fraction of sp³-hybridized carbons (Fsp3) is 0.214. The molecule has 1 aromatic heterocycles. The molecule has 0 saturated carbocycles. The number of carbonyl (C=O) groups excluding carboxylic acids is 2. The number of ether oxygens (including phenoxy) is 1. The maximum Gasteiger partial charge on any atom is 0.387 e. The molecule has 1 N–H and O–H groups in total. The van der Waals surface area contributed by atoms with Crippen LogP contribution >= 0.6 is 11.6 Å². The molecule has 3 aromatic carbocycles. The highest BCUT2D eigenvalue weighted by atomic mass is 35.5. The van der Waals surface area contributed by atoms with Gasteiger partial charge in [0.2, 0.25) is 0 Å². The fourth-order valence-electron chi connectivity index (χ4n) is 4.78. The van der Waals surface area contributed by atoms with Crippen LogP contribution in [0, 0.1) is 0 Å². The van der Waals surface area contributed by atoms with Crippen molar-refractivity contribution in [2.75, 3.05) is 13.1 Å². The van der Waals surface area contributed by atoms with Crippen LogP contribution in [0.3, 0.4) is 0 Å². The molecule has 1 aliphatic rings. The zero-order valence-corrected chi connectivity index (χ0v) is 20.8. The average molecular weight is 537 g/mol. The second-order valence-corrected chi connectivity index (χ2v) is 9.30. The molecule has 0 bridgehead atoms. The van der Waals surface area contributed by atoms with Crippen LogP contribution in [-0.4, -0.2) is 52.4 Å². The first kappa shape index (κ1) is 25.5. The molecule has 0 spiro atoms. The maximum atomic E-state index is 13.5. The first-order valence-electron chi connectivity index (χ1n) is 12.0. The van der Waals surface area contributed by atoms with Crippen LogP contribution in [-0.2, 0) is 0 Å². The van der Waals surface area contributed by atoms with E-state index in [4.69, 9.17) is 11.6 Å². The molecular formula is C28H23ClF2N4O3. The Morgan fingerprint density at radius 2 is 1.76 bits per heavy atom. The second kappa shape index (κ2) is 11.1. The number of alkyl halides is 2. The van der Waals surface area contributed by atoms with Gasteiger partial charge >= 0.3 is 6.61 Å². The second-order valence-electron chi connectivity index (χ2n) is 8.89. The third kappa shape index (κ3) is 5.43.